The number of nitrogen functional groups attached to an aromatic ring is 1. The van der Waals surface area contributed by atoms with Crippen molar-refractivity contribution in [3.05, 3.63) is 52.8 Å². The van der Waals surface area contributed by atoms with Gasteiger partial charge in [-0.05, 0) is 49.4 Å². The molecule has 21 heavy (non-hydrogen) atoms. The van der Waals surface area contributed by atoms with Crippen LogP contribution < -0.4 is 5.73 Å². The lowest BCUT2D eigenvalue weighted by Crippen LogP contribution is -2.12. The molecular formula is C17H20N2O2. The SMILES string of the molecule is Cc1cccc(C)c1COC(=O)c1cc(N)cn1C1CC1. The molecule has 1 aliphatic rings. The number of ether oxygens (including phenoxy) is 1. The lowest BCUT2D eigenvalue weighted by molar-refractivity contribution is 0.0458. The fourth-order valence-electron chi connectivity index (χ4n) is 2.61. The second kappa shape index (κ2) is 5.28. The molecular weight excluding hydrogens is 264 g/mol. The van der Waals surface area contributed by atoms with E-state index in [-0.39, 0.29) is 5.97 Å². The predicted molar refractivity (Wildman–Crippen MR) is 82.2 cm³/mol. The van der Waals surface area contributed by atoms with Gasteiger partial charge in [0.1, 0.15) is 12.3 Å². The van der Waals surface area contributed by atoms with E-state index in [4.69, 9.17) is 10.5 Å². The van der Waals surface area contributed by atoms with Gasteiger partial charge in [0.15, 0.2) is 0 Å². The third-order valence-electron chi connectivity index (χ3n) is 4.01. The van der Waals surface area contributed by atoms with Gasteiger partial charge in [0.2, 0.25) is 0 Å². The van der Waals surface area contributed by atoms with Gasteiger partial charge in [0.05, 0.1) is 5.69 Å². The third kappa shape index (κ3) is 2.79. The summed E-state index contributed by atoms with van der Waals surface area (Å²) in [5, 5.41) is 0. The first-order valence-corrected chi connectivity index (χ1v) is 7.26. The van der Waals surface area contributed by atoms with Crippen LogP contribution in [0.5, 0.6) is 0 Å². The molecule has 3 rings (SSSR count). The number of hydrogen-bond acceptors (Lipinski definition) is 3. The van der Waals surface area contributed by atoms with Crippen LogP contribution in [0.3, 0.4) is 0 Å². The molecule has 0 radical (unpaired) electrons. The molecule has 0 spiro atoms. The summed E-state index contributed by atoms with van der Waals surface area (Å²) in [6.45, 7) is 4.36. The first-order chi connectivity index (χ1) is 10.1. The van der Waals surface area contributed by atoms with Crippen LogP contribution in [0, 0.1) is 13.8 Å². The lowest BCUT2D eigenvalue weighted by atomic mass is 10.0. The second-order valence-electron chi connectivity index (χ2n) is 5.74. The van der Waals surface area contributed by atoms with Gasteiger partial charge in [-0.15, -0.1) is 0 Å². The van der Waals surface area contributed by atoms with Crippen molar-refractivity contribution in [1.82, 2.24) is 4.57 Å². The summed E-state index contributed by atoms with van der Waals surface area (Å²) < 4.78 is 7.44. The standard InChI is InChI=1S/C17H20N2O2/c1-11-4-3-5-12(2)15(11)10-21-17(20)16-8-13(18)9-19(16)14-6-7-14/h3-5,8-9,14H,6-7,10,18H2,1-2H3. The molecule has 2 aromatic rings. The van der Waals surface area contributed by atoms with Crippen LogP contribution in [-0.4, -0.2) is 10.5 Å². The monoisotopic (exact) mass is 284 g/mol. The van der Waals surface area contributed by atoms with Gasteiger partial charge < -0.3 is 15.0 Å². The summed E-state index contributed by atoms with van der Waals surface area (Å²) in [6, 6.07) is 8.17. The Kier molecular flexibility index (Phi) is 3.45. The van der Waals surface area contributed by atoms with E-state index < -0.39 is 0 Å². The Labute approximate surface area is 124 Å². The molecule has 1 fully saturated rings. The molecule has 4 heteroatoms. The van der Waals surface area contributed by atoms with Gasteiger partial charge in [-0.2, -0.15) is 0 Å². The third-order valence-corrected chi connectivity index (χ3v) is 4.01. The summed E-state index contributed by atoms with van der Waals surface area (Å²) in [5.74, 6) is -0.304. The molecule has 0 amide bonds. The summed E-state index contributed by atoms with van der Waals surface area (Å²) >= 11 is 0. The smallest absolute Gasteiger partial charge is 0.355 e. The Morgan fingerprint density at radius 3 is 2.62 bits per heavy atom. The number of anilines is 1. The van der Waals surface area contributed by atoms with Crippen molar-refractivity contribution in [3.63, 3.8) is 0 Å². The van der Waals surface area contributed by atoms with Gasteiger partial charge in [-0.1, -0.05) is 18.2 Å². The molecule has 1 aromatic heterocycles. The first-order valence-electron chi connectivity index (χ1n) is 7.26. The van der Waals surface area contributed by atoms with Crippen molar-refractivity contribution >= 4 is 11.7 Å². The Balaban J connectivity index is 1.75. The number of nitrogens with zero attached hydrogens (tertiary/aromatic N) is 1. The molecule has 1 aliphatic carbocycles. The van der Waals surface area contributed by atoms with E-state index in [2.05, 4.69) is 0 Å². The van der Waals surface area contributed by atoms with Gasteiger partial charge in [0.25, 0.3) is 0 Å². The maximum Gasteiger partial charge on any atom is 0.355 e. The Bertz CT molecular complexity index is 664. The molecule has 1 aromatic carbocycles. The van der Waals surface area contributed by atoms with Gasteiger partial charge in [-0.25, -0.2) is 4.79 Å². The second-order valence-corrected chi connectivity index (χ2v) is 5.74. The quantitative estimate of drug-likeness (QED) is 0.876. The van der Waals surface area contributed by atoms with Gasteiger partial charge in [0, 0.05) is 12.2 Å². The molecule has 2 N–H and O–H groups in total. The van der Waals surface area contributed by atoms with E-state index in [9.17, 15) is 4.79 Å². The molecule has 0 bridgehead atoms. The number of esters is 1. The zero-order valence-electron chi connectivity index (χ0n) is 12.4. The van der Waals surface area contributed by atoms with Crippen molar-refractivity contribution < 1.29 is 9.53 Å². The molecule has 0 unspecified atom stereocenters. The highest BCUT2D eigenvalue weighted by atomic mass is 16.5. The minimum Gasteiger partial charge on any atom is -0.456 e. The average Bonchev–Trinajstić information content (AvgIpc) is 3.21. The number of hydrogen-bond donors (Lipinski definition) is 1. The van der Waals surface area contributed by atoms with Crippen molar-refractivity contribution in [2.45, 2.75) is 39.3 Å². The van der Waals surface area contributed by atoms with Crippen LogP contribution in [0.25, 0.3) is 0 Å². The maximum atomic E-state index is 12.3. The number of nitrogens with two attached hydrogens (primary N) is 1. The van der Waals surface area contributed by atoms with E-state index in [1.54, 1.807) is 6.07 Å². The van der Waals surface area contributed by atoms with Crippen LogP contribution in [0.15, 0.2) is 30.5 Å². The topological polar surface area (TPSA) is 57.2 Å². The van der Waals surface area contributed by atoms with Crippen LogP contribution in [0.1, 0.15) is 46.1 Å². The fraction of sp³-hybridized carbons (Fsp3) is 0.353. The summed E-state index contributed by atoms with van der Waals surface area (Å²) in [6.07, 6.45) is 4.03. The number of carbonyl (C=O) groups is 1. The molecule has 0 aliphatic heterocycles. The zero-order valence-corrected chi connectivity index (χ0v) is 12.4. The van der Waals surface area contributed by atoms with E-state index in [0.29, 0.717) is 24.0 Å². The number of rotatable bonds is 4. The summed E-state index contributed by atoms with van der Waals surface area (Å²) in [5.41, 5.74) is 10.3. The van der Waals surface area contributed by atoms with Crippen molar-refractivity contribution in [1.29, 1.82) is 0 Å². The summed E-state index contributed by atoms with van der Waals surface area (Å²) in [4.78, 5) is 12.3. The van der Waals surface area contributed by atoms with Crippen LogP contribution in [0.2, 0.25) is 0 Å². The van der Waals surface area contributed by atoms with Crippen LogP contribution in [0.4, 0.5) is 5.69 Å². The minimum absolute atomic E-state index is 0.299. The largest absolute Gasteiger partial charge is 0.456 e. The normalized spacial score (nSPS) is 14.2. The Hall–Kier alpha value is -2.23. The van der Waals surface area contributed by atoms with Gasteiger partial charge >= 0.3 is 5.97 Å². The van der Waals surface area contributed by atoms with Crippen molar-refractivity contribution in [2.24, 2.45) is 0 Å². The number of aryl methyl sites for hydroxylation is 2. The van der Waals surface area contributed by atoms with Crippen LogP contribution in [-0.2, 0) is 11.3 Å². The summed E-state index contributed by atoms with van der Waals surface area (Å²) in [7, 11) is 0. The maximum absolute atomic E-state index is 12.3. The Morgan fingerprint density at radius 1 is 1.33 bits per heavy atom. The molecule has 1 saturated carbocycles. The van der Waals surface area contributed by atoms with E-state index in [1.165, 1.54) is 0 Å². The van der Waals surface area contributed by atoms with E-state index >= 15 is 0 Å². The average molecular weight is 284 g/mol. The number of carbonyl (C=O) groups excluding carboxylic acids is 1. The first kappa shape index (κ1) is 13.7. The molecule has 1 heterocycles. The highest BCUT2D eigenvalue weighted by Gasteiger charge is 2.28. The molecule has 110 valence electrons. The van der Waals surface area contributed by atoms with Crippen molar-refractivity contribution in [2.75, 3.05) is 5.73 Å². The molecule has 4 nitrogen and oxygen atoms in total. The highest BCUT2D eigenvalue weighted by molar-refractivity contribution is 5.89. The fourth-order valence-corrected chi connectivity index (χ4v) is 2.61. The minimum atomic E-state index is -0.304. The van der Waals surface area contributed by atoms with Crippen molar-refractivity contribution in [3.8, 4) is 0 Å². The molecule has 0 saturated heterocycles. The number of aromatic nitrogens is 1. The van der Waals surface area contributed by atoms with E-state index in [1.807, 2.05) is 42.8 Å². The molecule has 0 atom stereocenters. The Morgan fingerprint density at radius 2 is 2.00 bits per heavy atom. The highest BCUT2D eigenvalue weighted by Crippen LogP contribution is 2.37. The van der Waals surface area contributed by atoms with Gasteiger partial charge in [-0.3, -0.25) is 0 Å². The number of benzene rings is 1. The van der Waals surface area contributed by atoms with E-state index in [0.717, 1.165) is 29.5 Å². The lowest BCUT2D eigenvalue weighted by Gasteiger charge is -2.11. The van der Waals surface area contributed by atoms with Crippen LogP contribution >= 0.6 is 0 Å². The zero-order chi connectivity index (χ0) is 15.0. The predicted octanol–water partition coefficient (Wildman–Crippen LogP) is 3.38.